The molecule has 0 aromatic carbocycles. The lowest BCUT2D eigenvalue weighted by Gasteiger charge is -2.26. The summed E-state index contributed by atoms with van der Waals surface area (Å²) < 4.78 is 5.22. The number of amides is 2. The maximum Gasteiger partial charge on any atom is 0.319 e. The topological polar surface area (TPSA) is 71.3 Å². The monoisotopic (exact) mass is 220 g/mol. The Bertz CT molecular complexity index is 460. The van der Waals surface area contributed by atoms with E-state index < -0.39 is 6.04 Å². The largest absolute Gasteiger partial charge is 0.467 e. The molecule has 2 heterocycles. The van der Waals surface area contributed by atoms with E-state index in [1.807, 2.05) is 0 Å². The minimum atomic E-state index is -0.499. The number of nitrogens with one attached hydrogen (secondary N) is 2. The molecule has 2 amide bonds. The van der Waals surface area contributed by atoms with Gasteiger partial charge in [-0.2, -0.15) is 0 Å². The number of carbonyl (C=O) groups excluding carboxylic acids is 2. The Balaban J connectivity index is 2.46. The number of carbonyl (C=O) groups is 2. The van der Waals surface area contributed by atoms with Crippen molar-refractivity contribution in [3.63, 3.8) is 0 Å². The number of urea groups is 1. The average Bonchev–Trinajstić information content (AvgIpc) is 2.67. The summed E-state index contributed by atoms with van der Waals surface area (Å²) in [7, 11) is 0. The molecule has 1 aromatic heterocycles. The molecule has 1 unspecified atom stereocenters. The fraction of sp³-hybridized carbons (Fsp3) is 0.273. The van der Waals surface area contributed by atoms with Gasteiger partial charge in [0.15, 0.2) is 5.78 Å². The zero-order chi connectivity index (χ0) is 11.7. The van der Waals surface area contributed by atoms with Crippen molar-refractivity contribution in [3.05, 3.63) is 35.4 Å². The number of allylic oxidation sites excluding steroid dienone is 1. The van der Waals surface area contributed by atoms with Crippen molar-refractivity contribution in [1.82, 2.24) is 10.6 Å². The lowest BCUT2D eigenvalue weighted by atomic mass is 9.97. The van der Waals surface area contributed by atoms with Crippen molar-refractivity contribution < 1.29 is 14.0 Å². The molecule has 84 valence electrons. The van der Waals surface area contributed by atoms with Crippen LogP contribution < -0.4 is 10.6 Å². The molecule has 0 aliphatic carbocycles. The van der Waals surface area contributed by atoms with Crippen LogP contribution in [0.15, 0.2) is 34.1 Å². The van der Waals surface area contributed by atoms with Crippen LogP contribution in [0.2, 0.25) is 0 Å². The summed E-state index contributed by atoms with van der Waals surface area (Å²) >= 11 is 0. The summed E-state index contributed by atoms with van der Waals surface area (Å²) in [5.41, 5.74) is 1.09. The van der Waals surface area contributed by atoms with Crippen molar-refractivity contribution in [3.8, 4) is 0 Å². The number of furan rings is 1. The fourth-order valence-electron chi connectivity index (χ4n) is 1.83. The number of hydrogen-bond donors (Lipinski definition) is 2. The molecule has 0 radical (unpaired) electrons. The van der Waals surface area contributed by atoms with Gasteiger partial charge >= 0.3 is 6.03 Å². The first-order valence-corrected chi connectivity index (χ1v) is 4.92. The minimum absolute atomic E-state index is 0.0913. The Morgan fingerprint density at radius 3 is 2.81 bits per heavy atom. The number of ketones is 1. The third-order valence-electron chi connectivity index (χ3n) is 2.48. The molecule has 5 heteroatoms. The number of Topliss-reactive ketones (excluding diaryl/α,β-unsaturated/α-hetero) is 1. The average molecular weight is 220 g/mol. The maximum absolute atomic E-state index is 11.5. The molecule has 2 N–H and O–H groups in total. The van der Waals surface area contributed by atoms with E-state index >= 15 is 0 Å². The van der Waals surface area contributed by atoms with Crippen LogP contribution in [-0.4, -0.2) is 11.8 Å². The van der Waals surface area contributed by atoms with Crippen molar-refractivity contribution in [1.29, 1.82) is 0 Å². The van der Waals surface area contributed by atoms with Crippen molar-refractivity contribution >= 4 is 11.8 Å². The second kappa shape index (κ2) is 3.84. The van der Waals surface area contributed by atoms with Crippen LogP contribution in [0.3, 0.4) is 0 Å². The van der Waals surface area contributed by atoms with E-state index in [2.05, 4.69) is 10.6 Å². The molecule has 0 fully saturated rings. The van der Waals surface area contributed by atoms with Crippen LogP contribution >= 0.6 is 0 Å². The van der Waals surface area contributed by atoms with Crippen molar-refractivity contribution in [2.75, 3.05) is 0 Å². The number of hydrogen-bond acceptors (Lipinski definition) is 3. The van der Waals surface area contributed by atoms with Gasteiger partial charge in [-0.1, -0.05) is 0 Å². The van der Waals surface area contributed by atoms with Gasteiger partial charge in [0.25, 0.3) is 0 Å². The molecule has 0 saturated heterocycles. The Morgan fingerprint density at radius 2 is 2.25 bits per heavy atom. The van der Waals surface area contributed by atoms with Crippen LogP contribution in [0.1, 0.15) is 25.6 Å². The molecule has 1 atom stereocenters. The van der Waals surface area contributed by atoms with Crippen LogP contribution in [0.5, 0.6) is 0 Å². The second-order valence-corrected chi connectivity index (χ2v) is 3.64. The van der Waals surface area contributed by atoms with E-state index in [-0.39, 0.29) is 11.8 Å². The SMILES string of the molecule is CC(=O)C1=C(C)NC(=O)NC1c1ccco1. The van der Waals surface area contributed by atoms with E-state index in [9.17, 15) is 9.59 Å². The van der Waals surface area contributed by atoms with Gasteiger partial charge in [0.2, 0.25) is 0 Å². The smallest absolute Gasteiger partial charge is 0.319 e. The third kappa shape index (κ3) is 1.71. The fourth-order valence-corrected chi connectivity index (χ4v) is 1.83. The Labute approximate surface area is 92.5 Å². The van der Waals surface area contributed by atoms with Crippen molar-refractivity contribution in [2.45, 2.75) is 19.9 Å². The van der Waals surface area contributed by atoms with E-state index in [0.29, 0.717) is 17.0 Å². The maximum atomic E-state index is 11.5. The first-order valence-electron chi connectivity index (χ1n) is 4.92. The Morgan fingerprint density at radius 1 is 1.50 bits per heavy atom. The molecular weight excluding hydrogens is 208 g/mol. The quantitative estimate of drug-likeness (QED) is 0.793. The summed E-state index contributed by atoms with van der Waals surface area (Å²) in [6, 6.07) is 2.62. The summed E-state index contributed by atoms with van der Waals surface area (Å²) in [5.74, 6) is 0.464. The third-order valence-corrected chi connectivity index (χ3v) is 2.48. The standard InChI is InChI=1S/C11H12N2O3/c1-6-9(7(2)14)10(13-11(15)12-6)8-4-3-5-16-8/h3-5,10H,1-2H3,(H2,12,13,15). The molecule has 1 aliphatic rings. The highest BCUT2D eigenvalue weighted by Crippen LogP contribution is 2.27. The molecule has 16 heavy (non-hydrogen) atoms. The van der Waals surface area contributed by atoms with Gasteiger partial charge in [0.05, 0.1) is 6.26 Å². The zero-order valence-corrected chi connectivity index (χ0v) is 9.03. The molecule has 1 aliphatic heterocycles. The predicted octanol–water partition coefficient (Wildman–Crippen LogP) is 1.50. The van der Waals surface area contributed by atoms with Crippen LogP contribution in [0.25, 0.3) is 0 Å². The summed E-state index contributed by atoms with van der Waals surface area (Å²) in [6.07, 6.45) is 1.51. The molecular formula is C11H12N2O3. The van der Waals surface area contributed by atoms with E-state index in [1.165, 1.54) is 13.2 Å². The van der Waals surface area contributed by atoms with Crippen molar-refractivity contribution in [2.24, 2.45) is 0 Å². The van der Waals surface area contributed by atoms with Crippen LogP contribution in [0, 0.1) is 0 Å². The first kappa shape index (κ1) is 10.5. The molecule has 0 saturated carbocycles. The molecule has 0 bridgehead atoms. The van der Waals surface area contributed by atoms with Gasteiger partial charge in [-0.15, -0.1) is 0 Å². The van der Waals surface area contributed by atoms with Crippen LogP contribution in [-0.2, 0) is 4.79 Å². The highest BCUT2D eigenvalue weighted by atomic mass is 16.3. The van der Waals surface area contributed by atoms with Gasteiger partial charge in [0, 0.05) is 11.3 Å². The number of rotatable bonds is 2. The molecule has 0 spiro atoms. The van der Waals surface area contributed by atoms with Gasteiger partial charge in [-0.25, -0.2) is 4.79 Å². The lowest BCUT2D eigenvalue weighted by Crippen LogP contribution is -2.44. The first-order chi connectivity index (χ1) is 7.59. The summed E-state index contributed by atoms with van der Waals surface area (Å²) in [4.78, 5) is 22.9. The van der Waals surface area contributed by atoms with Gasteiger partial charge in [0.1, 0.15) is 11.8 Å². The van der Waals surface area contributed by atoms with Gasteiger partial charge in [-0.05, 0) is 26.0 Å². The summed E-state index contributed by atoms with van der Waals surface area (Å²) in [6.45, 7) is 3.17. The van der Waals surface area contributed by atoms with E-state index in [4.69, 9.17) is 4.42 Å². The zero-order valence-electron chi connectivity index (χ0n) is 9.03. The normalized spacial score (nSPS) is 20.4. The van der Waals surface area contributed by atoms with E-state index in [1.54, 1.807) is 19.1 Å². The molecule has 2 rings (SSSR count). The van der Waals surface area contributed by atoms with Crippen LogP contribution in [0.4, 0.5) is 4.79 Å². The summed E-state index contributed by atoms with van der Waals surface area (Å²) in [5, 5.41) is 5.23. The highest BCUT2D eigenvalue weighted by molar-refractivity contribution is 5.98. The highest BCUT2D eigenvalue weighted by Gasteiger charge is 2.30. The minimum Gasteiger partial charge on any atom is -0.467 e. The molecule has 1 aromatic rings. The molecule has 5 nitrogen and oxygen atoms in total. The second-order valence-electron chi connectivity index (χ2n) is 3.64. The van der Waals surface area contributed by atoms with E-state index in [0.717, 1.165) is 0 Å². The Kier molecular flexibility index (Phi) is 2.52. The lowest BCUT2D eigenvalue weighted by molar-refractivity contribution is -0.114. The van der Waals surface area contributed by atoms with Gasteiger partial charge < -0.3 is 15.1 Å². The van der Waals surface area contributed by atoms with Gasteiger partial charge in [-0.3, -0.25) is 4.79 Å². The Hall–Kier alpha value is -2.04. The predicted molar refractivity (Wildman–Crippen MR) is 56.5 cm³/mol.